The number of benzene rings is 1. The minimum atomic E-state index is 0.271. The highest BCUT2D eigenvalue weighted by Crippen LogP contribution is 2.27. The van der Waals surface area contributed by atoms with E-state index in [1.165, 1.54) is 5.56 Å². The van der Waals surface area contributed by atoms with Gasteiger partial charge in [-0.1, -0.05) is 36.2 Å². The Kier molecular flexibility index (Phi) is 5.52. The minimum absolute atomic E-state index is 0.271. The van der Waals surface area contributed by atoms with Crippen molar-refractivity contribution >= 4 is 23.2 Å². The summed E-state index contributed by atoms with van der Waals surface area (Å²) in [5, 5.41) is 4.79. The molecule has 3 atom stereocenters. The molecule has 2 rings (SSSR count). The Balaban J connectivity index is 1.90. The van der Waals surface area contributed by atoms with Gasteiger partial charge in [-0.2, -0.15) is 0 Å². The molecule has 106 valence electrons. The highest BCUT2D eigenvalue weighted by atomic mass is 35.5. The third kappa shape index (κ3) is 3.85. The zero-order valence-corrected chi connectivity index (χ0v) is 13.0. The molecule has 1 heterocycles. The van der Waals surface area contributed by atoms with E-state index in [0.29, 0.717) is 22.1 Å². The smallest absolute Gasteiger partial charge is 0.0613 e. The van der Waals surface area contributed by atoms with Crippen LogP contribution in [0.1, 0.15) is 38.3 Å². The first kappa shape index (κ1) is 15.1. The van der Waals surface area contributed by atoms with Gasteiger partial charge in [0, 0.05) is 19.2 Å². The van der Waals surface area contributed by atoms with Gasteiger partial charge >= 0.3 is 0 Å². The van der Waals surface area contributed by atoms with Crippen molar-refractivity contribution in [2.24, 2.45) is 5.92 Å². The van der Waals surface area contributed by atoms with Gasteiger partial charge in [0.2, 0.25) is 0 Å². The van der Waals surface area contributed by atoms with Crippen LogP contribution in [0.4, 0.5) is 0 Å². The van der Waals surface area contributed by atoms with Gasteiger partial charge in [-0.25, -0.2) is 0 Å². The highest BCUT2D eigenvalue weighted by molar-refractivity contribution is 6.42. The van der Waals surface area contributed by atoms with Crippen molar-refractivity contribution in [3.8, 4) is 0 Å². The standard InChI is InChI=1S/C15H21Cl2NO/c1-3-15-12(6-7-19-15)9-18-10(2)11-4-5-13(16)14(17)8-11/h4-5,8,10,12,15,18H,3,6-7,9H2,1-2H3. The van der Waals surface area contributed by atoms with E-state index >= 15 is 0 Å². The number of nitrogens with one attached hydrogen (secondary N) is 1. The molecule has 19 heavy (non-hydrogen) atoms. The normalized spacial score (nSPS) is 24.6. The van der Waals surface area contributed by atoms with Crippen molar-refractivity contribution in [1.82, 2.24) is 5.32 Å². The quantitative estimate of drug-likeness (QED) is 0.867. The lowest BCUT2D eigenvalue weighted by Gasteiger charge is -2.21. The molecule has 0 aliphatic carbocycles. The number of hydrogen-bond acceptors (Lipinski definition) is 2. The molecule has 1 N–H and O–H groups in total. The summed E-state index contributed by atoms with van der Waals surface area (Å²) in [4.78, 5) is 0. The Morgan fingerprint density at radius 3 is 2.84 bits per heavy atom. The summed E-state index contributed by atoms with van der Waals surface area (Å²) in [7, 11) is 0. The van der Waals surface area contributed by atoms with Crippen LogP contribution in [0.15, 0.2) is 18.2 Å². The highest BCUT2D eigenvalue weighted by Gasteiger charge is 2.26. The summed E-state index contributed by atoms with van der Waals surface area (Å²) in [5.41, 5.74) is 1.17. The van der Waals surface area contributed by atoms with E-state index in [9.17, 15) is 0 Å². The lowest BCUT2D eigenvalue weighted by atomic mass is 9.98. The number of ether oxygens (including phenoxy) is 1. The molecule has 1 aromatic carbocycles. The van der Waals surface area contributed by atoms with Gasteiger partial charge in [0.1, 0.15) is 0 Å². The topological polar surface area (TPSA) is 21.3 Å². The van der Waals surface area contributed by atoms with Crippen LogP contribution in [0, 0.1) is 5.92 Å². The van der Waals surface area contributed by atoms with Crippen molar-refractivity contribution in [1.29, 1.82) is 0 Å². The second-order valence-electron chi connectivity index (χ2n) is 5.17. The monoisotopic (exact) mass is 301 g/mol. The first-order valence-corrected chi connectivity index (χ1v) is 7.67. The lowest BCUT2D eigenvalue weighted by Crippen LogP contribution is -2.30. The van der Waals surface area contributed by atoms with Crippen LogP contribution in [0.5, 0.6) is 0 Å². The molecule has 1 fully saturated rings. The van der Waals surface area contributed by atoms with Crippen molar-refractivity contribution in [2.45, 2.75) is 38.8 Å². The molecule has 0 amide bonds. The Morgan fingerprint density at radius 1 is 1.37 bits per heavy atom. The molecular formula is C15H21Cl2NO. The average Bonchev–Trinajstić information content (AvgIpc) is 2.86. The Labute approximate surface area is 125 Å². The number of hydrogen-bond donors (Lipinski definition) is 1. The first-order chi connectivity index (χ1) is 9.11. The van der Waals surface area contributed by atoms with E-state index in [1.54, 1.807) is 0 Å². The number of halogens is 2. The summed E-state index contributed by atoms with van der Waals surface area (Å²) in [6, 6.07) is 6.08. The van der Waals surface area contributed by atoms with Gasteiger partial charge in [-0.05, 0) is 43.4 Å². The fourth-order valence-corrected chi connectivity index (χ4v) is 2.91. The van der Waals surface area contributed by atoms with Gasteiger partial charge in [0.05, 0.1) is 16.1 Å². The van der Waals surface area contributed by atoms with Crippen LogP contribution in [0.25, 0.3) is 0 Å². The van der Waals surface area contributed by atoms with Gasteiger partial charge in [-0.3, -0.25) is 0 Å². The summed E-state index contributed by atoms with van der Waals surface area (Å²) >= 11 is 12.0. The largest absolute Gasteiger partial charge is 0.378 e. The maximum absolute atomic E-state index is 6.05. The van der Waals surface area contributed by atoms with Crippen molar-refractivity contribution in [2.75, 3.05) is 13.2 Å². The zero-order valence-electron chi connectivity index (χ0n) is 11.5. The molecule has 0 bridgehead atoms. The molecule has 0 spiro atoms. The molecule has 0 aromatic heterocycles. The SMILES string of the molecule is CCC1OCCC1CNC(C)c1ccc(Cl)c(Cl)c1. The summed E-state index contributed by atoms with van der Waals surface area (Å²) in [5.74, 6) is 0.621. The van der Waals surface area contributed by atoms with Crippen molar-refractivity contribution in [3.05, 3.63) is 33.8 Å². The van der Waals surface area contributed by atoms with Crippen LogP contribution in [0.3, 0.4) is 0 Å². The summed E-state index contributed by atoms with van der Waals surface area (Å²) in [6.45, 7) is 6.22. The van der Waals surface area contributed by atoms with E-state index in [-0.39, 0.29) is 6.04 Å². The summed E-state index contributed by atoms with van der Waals surface area (Å²) < 4.78 is 5.71. The molecule has 1 saturated heterocycles. The maximum Gasteiger partial charge on any atom is 0.0613 e. The third-order valence-corrected chi connectivity index (χ3v) is 4.62. The fourth-order valence-electron chi connectivity index (χ4n) is 2.61. The molecule has 0 radical (unpaired) electrons. The molecule has 0 saturated carbocycles. The lowest BCUT2D eigenvalue weighted by molar-refractivity contribution is 0.0867. The van der Waals surface area contributed by atoms with Crippen LogP contribution in [0.2, 0.25) is 10.0 Å². The average molecular weight is 302 g/mol. The molecular weight excluding hydrogens is 281 g/mol. The van der Waals surface area contributed by atoms with Gasteiger partial charge in [0.15, 0.2) is 0 Å². The minimum Gasteiger partial charge on any atom is -0.378 e. The van der Waals surface area contributed by atoms with E-state index in [4.69, 9.17) is 27.9 Å². The van der Waals surface area contributed by atoms with Crippen molar-refractivity contribution in [3.63, 3.8) is 0 Å². The molecule has 1 aliphatic rings. The second-order valence-corrected chi connectivity index (χ2v) is 5.98. The van der Waals surface area contributed by atoms with Crippen LogP contribution in [-0.4, -0.2) is 19.3 Å². The molecule has 2 nitrogen and oxygen atoms in total. The molecule has 3 unspecified atom stereocenters. The number of rotatable bonds is 5. The predicted molar refractivity (Wildman–Crippen MR) is 81.0 cm³/mol. The molecule has 4 heteroatoms. The Bertz CT molecular complexity index is 425. The van der Waals surface area contributed by atoms with E-state index in [1.807, 2.05) is 18.2 Å². The van der Waals surface area contributed by atoms with Crippen LogP contribution >= 0.6 is 23.2 Å². The molecule has 1 aliphatic heterocycles. The van der Waals surface area contributed by atoms with Crippen LogP contribution in [-0.2, 0) is 4.74 Å². The summed E-state index contributed by atoms with van der Waals surface area (Å²) in [6.07, 6.45) is 2.65. The predicted octanol–water partition coefficient (Wildman–Crippen LogP) is 4.46. The third-order valence-electron chi connectivity index (χ3n) is 3.88. The van der Waals surface area contributed by atoms with E-state index in [0.717, 1.165) is 26.0 Å². The first-order valence-electron chi connectivity index (χ1n) is 6.91. The maximum atomic E-state index is 6.05. The Morgan fingerprint density at radius 2 is 2.16 bits per heavy atom. The van der Waals surface area contributed by atoms with E-state index in [2.05, 4.69) is 19.2 Å². The van der Waals surface area contributed by atoms with Crippen molar-refractivity contribution < 1.29 is 4.74 Å². The van der Waals surface area contributed by atoms with Gasteiger partial charge in [-0.15, -0.1) is 0 Å². The van der Waals surface area contributed by atoms with Gasteiger partial charge < -0.3 is 10.1 Å². The van der Waals surface area contributed by atoms with Crippen LogP contribution < -0.4 is 5.32 Å². The molecule has 1 aromatic rings. The zero-order chi connectivity index (χ0) is 13.8. The van der Waals surface area contributed by atoms with Gasteiger partial charge in [0.25, 0.3) is 0 Å². The van der Waals surface area contributed by atoms with E-state index < -0.39 is 0 Å². The Hall–Kier alpha value is -0.280. The fraction of sp³-hybridized carbons (Fsp3) is 0.600. The second kappa shape index (κ2) is 6.94.